The standard InChI is InChI=1S/C7H6F3NO2S/c1-14(12,13)6-2-5(3-11-4-6)7(8,9)10/h2-4H,1H3. The minimum absolute atomic E-state index is 0.438. The van der Waals surface area contributed by atoms with E-state index in [1.54, 1.807) is 0 Å². The summed E-state index contributed by atoms with van der Waals surface area (Å²) in [6.45, 7) is 0. The molecule has 78 valence electrons. The monoisotopic (exact) mass is 225 g/mol. The zero-order chi connectivity index (χ0) is 11.0. The highest BCUT2D eigenvalue weighted by molar-refractivity contribution is 7.90. The van der Waals surface area contributed by atoms with Crippen LogP contribution in [-0.2, 0) is 16.0 Å². The van der Waals surface area contributed by atoms with E-state index in [0.29, 0.717) is 12.3 Å². The van der Waals surface area contributed by atoms with Gasteiger partial charge in [-0.05, 0) is 6.07 Å². The zero-order valence-electron chi connectivity index (χ0n) is 7.04. The van der Waals surface area contributed by atoms with Crippen molar-refractivity contribution in [3.8, 4) is 0 Å². The zero-order valence-corrected chi connectivity index (χ0v) is 7.85. The molecule has 0 unspecified atom stereocenters. The van der Waals surface area contributed by atoms with Crippen LogP contribution in [0.25, 0.3) is 0 Å². The fourth-order valence-corrected chi connectivity index (χ4v) is 1.37. The van der Waals surface area contributed by atoms with E-state index in [-0.39, 0.29) is 0 Å². The van der Waals surface area contributed by atoms with Gasteiger partial charge in [0.2, 0.25) is 0 Å². The third-order valence-corrected chi connectivity index (χ3v) is 2.55. The number of hydrogen-bond acceptors (Lipinski definition) is 3. The van der Waals surface area contributed by atoms with Gasteiger partial charge in [-0.1, -0.05) is 0 Å². The van der Waals surface area contributed by atoms with Crippen molar-refractivity contribution in [2.75, 3.05) is 6.26 Å². The number of alkyl halides is 3. The lowest BCUT2D eigenvalue weighted by Gasteiger charge is -2.06. The van der Waals surface area contributed by atoms with Crippen molar-refractivity contribution in [2.45, 2.75) is 11.1 Å². The number of aromatic nitrogens is 1. The van der Waals surface area contributed by atoms with Crippen LogP contribution in [0.4, 0.5) is 13.2 Å². The highest BCUT2D eigenvalue weighted by Crippen LogP contribution is 2.29. The molecule has 0 aliphatic heterocycles. The first-order valence-corrected chi connectivity index (χ1v) is 5.33. The Bertz CT molecular complexity index is 438. The molecule has 0 saturated carbocycles. The third kappa shape index (κ3) is 2.44. The molecule has 0 fully saturated rings. The number of pyridine rings is 1. The van der Waals surface area contributed by atoms with Gasteiger partial charge >= 0.3 is 6.18 Å². The Labute approximate surface area is 78.5 Å². The second-order valence-electron chi connectivity index (χ2n) is 2.68. The fourth-order valence-electron chi connectivity index (χ4n) is 0.777. The molecule has 0 aromatic carbocycles. The molecule has 1 aromatic rings. The Hall–Kier alpha value is -1.11. The van der Waals surface area contributed by atoms with E-state index < -0.39 is 26.5 Å². The lowest BCUT2D eigenvalue weighted by Crippen LogP contribution is -2.07. The van der Waals surface area contributed by atoms with Crippen LogP contribution in [0.15, 0.2) is 23.4 Å². The Kier molecular flexibility index (Phi) is 2.53. The first-order chi connectivity index (χ1) is 6.21. The molecule has 0 amide bonds. The van der Waals surface area contributed by atoms with Gasteiger partial charge in [0, 0.05) is 18.6 Å². The van der Waals surface area contributed by atoms with Gasteiger partial charge in [-0.25, -0.2) is 8.42 Å². The average molecular weight is 225 g/mol. The van der Waals surface area contributed by atoms with Crippen molar-refractivity contribution < 1.29 is 21.6 Å². The van der Waals surface area contributed by atoms with Crippen LogP contribution in [0, 0.1) is 0 Å². The second-order valence-corrected chi connectivity index (χ2v) is 4.69. The van der Waals surface area contributed by atoms with Crippen molar-refractivity contribution in [3.05, 3.63) is 24.0 Å². The summed E-state index contributed by atoms with van der Waals surface area (Å²) in [7, 11) is -3.65. The molecule has 0 spiro atoms. The topological polar surface area (TPSA) is 47.0 Å². The quantitative estimate of drug-likeness (QED) is 0.727. The van der Waals surface area contributed by atoms with Crippen LogP contribution in [-0.4, -0.2) is 19.7 Å². The molecule has 14 heavy (non-hydrogen) atoms. The highest BCUT2D eigenvalue weighted by atomic mass is 32.2. The number of rotatable bonds is 1. The number of hydrogen-bond donors (Lipinski definition) is 0. The summed E-state index contributed by atoms with van der Waals surface area (Å²) in [5.74, 6) is 0. The van der Waals surface area contributed by atoms with Gasteiger partial charge in [0.1, 0.15) is 0 Å². The maximum absolute atomic E-state index is 12.1. The smallest absolute Gasteiger partial charge is 0.263 e. The normalized spacial score (nSPS) is 12.9. The molecular formula is C7H6F3NO2S. The molecule has 1 heterocycles. The summed E-state index contributed by atoms with van der Waals surface area (Å²) in [4.78, 5) is 2.78. The summed E-state index contributed by atoms with van der Waals surface area (Å²) in [5.41, 5.74) is -1.07. The Morgan fingerprint density at radius 3 is 2.29 bits per heavy atom. The molecule has 0 aliphatic rings. The first-order valence-electron chi connectivity index (χ1n) is 3.43. The lowest BCUT2D eigenvalue weighted by molar-refractivity contribution is -0.138. The van der Waals surface area contributed by atoms with E-state index in [4.69, 9.17) is 0 Å². The van der Waals surface area contributed by atoms with Gasteiger partial charge < -0.3 is 0 Å². The van der Waals surface area contributed by atoms with Gasteiger partial charge in [-0.2, -0.15) is 13.2 Å². The summed E-state index contributed by atoms with van der Waals surface area (Å²) in [5, 5.41) is 0. The van der Waals surface area contributed by atoms with Gasteiger partial charge in [0.05, 0.1) is 10.5 Å². The molecule has 0 saturated heterocycles. The minimum Gasteiger partial charge on any atom is -0.263 e. The van der Waals surface area contributed by atoms with Gasteiger partial charge in [0.25, 0.3) is 0 Å². The van der Waals surface area contributed by atoms with E-state index in [1.807, 2.05) is 0 Å². The van der Waals surface area contributed by atoms with Gasteiger partial charge in [0.15, 0.2) is 9.84 Å². The molecular weight excluding hydrogens is 219 g/mol. The maximum atomic E-state index is 12.1. The van der Waals surface area contributed by atoms with Crippen molar-refractivity contribution in [1.82, 2.24) is 4.98 Å². The van der Waals surface area contributed by atoms with Crippen LogP contribution in [0.2, 0.25) is 0 Å². The molecule has 1 rings (SSSR count). The number of halogens is 3. The largest absolute Gasteiger partial charge is 0.417 e. The molecule has 0 atom stereocenters. The predicted molar refractivity (Wildman–Crippen MR) is 42.3 cm³/mol. The fraction of sp³-hybridized carbons (Fsp3) is 0.286. The average Bonchev–Trinajstić information content (AvgIpc) is 2.01. The van der Waals surface area contributed by atoms with E-state index in [9.17, 15) is 21.6 Å². The van der Waals surface area contributed by atoms with Crippen LogP contribution < -0.4 is 0 Å². The van der Waals surface area contributed by atoms with Crippen molar-refractivity contribution >= 4 is 9.84 Å². The number of sulfone groups is 1. The SMILES string of the molecule is CS(=O)(=O)c1cncc(C(F)(F)F)c1. The van der Waals surface area contributed by atoms with Crippen LogP contribution in [0.1, 0.15) is 5.56 Å². The summed E-state index contributed by atoms with van der Waals surface area (Å²) in [6, 6.07) is 0.558. The molecule has 0 aliphatic carbocycles. The molecule has 1 aromatic heterocycles. The Balaban J connectivity index is 3.29. The first kappa shape index (κ1) is 11.0. The second kappa shape index (κ2) is 3.23. The van der Waals surface area contributed by atoms with Gasteiger partial charge in [-0.3, -0.25) is 4.98 Å². The van der Waals surface area contributed by atoms with Crippen LogP contribution >= 0.6 is 0 Å². The third-order valence-electron chi connectivity index (χ3n) is 1.47. The predicted octanol–water partition coefficient (Wildman–Crippen LogP) is 1.50. The minimum atomic E-state index is -4.58. The molecule has 0 bridgehead atoms. The summed E-state index contributed by atoms with van der Waals surface area (Å²) >= 11 is 0. The highest BCUT2D eigenvalue weighted by Gasteiger charge is 2.31. The maximum Gasteiger partial charge on any atom is 0.417 e. The van der Waals surface area contributed by atoms with E-state index in [0.717, 1.165) is 12.5 Å². The molecule has 0 radical (unpaired) electrons. The van der Waals surface area contributed by atoms with Crippen molar-refractivity contribution in [3.63, 3.8) is 0 Å². The van der Waals surface area contributed by atoms with E-state index in [1.165, 1.54) is 0 Å². The molecule has 7 heteroatoms. The van der Waals surface area contributed by atoms with E-state index >= 15 is 0 Å². The van der Waals surface area contributed by atoms with Crippen molar-refractivity contribution in [2.24, 2.45) is 0 Å². The Morgan fingerprint density at radius 2 is 1.86 bits per heavy atom. The van der Waals surface area contributed by atoms with Crippen LogP contribution in [0.3, 0.4) is 0 Å². The Morgan fingerprint density at radius 1 is 1.29 bits per heavy atom. The molecule has 0 N–H and O–H groups in total. The summed E-state index contributed by atoms with van der Waals surface area (Å²) < 4.78 is 58.2. The lowest BCUT2D eigenvalue weighted by atomic mass is 10.3. The molecule has 3 nitrogen and oxygen atoms in total. The van der Waals surface area contributed by atoms with E-state index in [2.05, 4.69) is 4.98 Å². The van der Waals surface area contributed by atoms with Crippen molar-refractivity contribution in [1.29, 1.82) is 0 Å². The van der Waals surface area contributed by atoms with Gasteiger partial charge in [-0.15, -0.1) is 0 Å². The van der Waals surface area contributed by atoms with Crippen LogP contribution in [0.5, 0.6) is 0 Å². The number of nitrogens with zero attached hydrogens (tertiary/aromatic N) is 1. The summed E-state index contributed by atoms with van der Waals surface area (Å²) in [6.07, 6.45) is -2.29.